The smallest absolute Gasteiger partial charge is 0.226 e. The minimum Gasteiger partial charge on any atom is -0.493 e. The second kappa shape index (κ2) is 7.77. The maximum Gasteiger partial charge on any atom is 0.226 e. The van der Waals surface area contributed by atoms with Crippen LogP contribution in [0.2, 0.25) is 0 Å². The van der Waals surface area contributed by atoms with Gasteiger partial charge in [-0.25, -0.2) is 0 Å². The Morgan fingerprint density at radius 3 is 2.64 bits per heavy atom. The number of amides is 1. The van der Waals surface area contributed by atoms with Crippen molar-refractivity contribution in [2.45, 2.75) is 44.6 Å². The summed E-state index contributed by atoms with van der Waals surface area (Å²) in [5.74, 6) is 2.69. The van der Waals surface area contributed by atoms with Gasteiger partial charge in [0, 0.05) is 32.2 Å². The molecule has 4 heteroatoms. The Kier molecular flexibility index (Phi) is 5.25. The Bertz CT molecular complexity index is 573. The lowest BCUT2D eigenvalue weighted by Crippen LogP contribution is -2.47. The van der Waals surface area contributed by atoms with Gasteiger partial charge in [-0.1, -0.05) is 24.6 Å². The molecule has 0 aromatic heterocycles. The first-order chi connectivity index (χ1) is 12.3. The molecule has 3 aliphatic heterocycles. The number of carbonyl (C=O) groups is 1. The Morgan fingerprint density at radius 1 is 1.04 bits per heavy atom. The van der Waals surface area contributed by atoms with Crippen molar-refractivity contribution in [2.24, 2.45) is 11.8 Å². The SMILES string of the molecule is O=C(CCOc1ccccc1)N1C[C@@H]2CC[C@H](C1)N(CC1CCC1)C2. The fourth-order valence-corrected chi connectivity index (χ4v) is 4.54. The molecule has 136 valence electrons. The zero-order valence-electron chi connectivity index (χ0n) is 15.1. The van der Waals surface area contributed by atoms with Crippen LogP contribution >= 0.6 is 0 Å². The molecule has 0 N–H and O–H groups in total. The van der Waals surface area contributed by atoms with Crippen LogP contribution in [0.3, 0.4) is 0 Å². The standard InChI is InChI=1S/C21H30N2O2/c24-21(11-12-25-20-7-2-1-3-8-20)23-15-18-9-10-19(16-23)22(14-18)13-17-5-4-6-17/h1-3,7-8,17-19H,4-6,9-16H2/t18-,19-/m1/s1. The first-order valence-corrected chi connectivity index (χ1v) is 9.97. The molecule has 1 amide bonds. The predicted molar refractivity (Wildman–Crippen MR) is 98.6 cm³/mol. The number of para-hydroxylation sites is 1. The molecule has 3 saturated heterocycles. The second-order valence-corrected chi connectivity index (χ2v) is 8.06. The molecule has 0 spiro atoms. The summed E-state index contributed by atoms with van der Waals surface area (Å²) in [5.41, 5.74) is 0. The van der Waals surface area contributed by atoms with E-state index in [0.717, 1.165) is 24.8 Å². The largest absolute Gasteiger partial charge is 0.493 e. The van der Waals surface area contributed by atoms with Crippen LogP contribution < -0.4 is 4.74 Å². The molecule has 1 aromatic carbocycles. The van der Waals surface area contributed by atoms with Gasteiger partial charge in [0.25, 0.3) is 0 Å². The summed E-state index contributed by atoms with van der Waals surface area (Å²) in [6.45, 7) is 4.81. The summed E-state index contributed by atoms with van der Waals surface area (Å²) in [7, 11) is 0. The highest BCUT2D eigenvalue weighted by Crippen LogP contribution is 2.33. The molecule has 5 rings (SSSR count). The van der Waals surface area contributed by atoms with Gasteiger partial charge in [-0.2, -0.15) is 0 Å². The van der Waals surface area contributed by atoms with Crippen LogP contribution in [-0.2, 0) is 4.79 Å². The third-order valence-electron chi connectivity index (χ3n) is 6.22. The Hall–Kier alpha value is -1.55. The number of hydrogen-bond acceptors (Lipinski definition) is 3. The molecule has 4 aliphatic rings. The van der Waals surface area contributed by atoms with Crippen molar-refractivity contribution in [1.82, 2.24) is 9.80 Å². The molecule has 1 aromatic rings. The predicted octanol–water partition coefficient (Wildman–Crippen LogP) is 3.18. The maximum absolute atomic E-state index is 12.7. The molecule has 2 atom stereocenters. The molecule has 25 heavy (non-hydrogen) atoms. The summed E-state index contributed by atoms with van der Waals surface area (Å²) in [5, 5.41) is 0. The van der Waals surface area contributed by atoms with E-state index in [4.69, 9.17) is 4.74 Å². The number of piperidine rings is 1. The lowest BCUT2D eigenvalue weighted by atomic mass is 9.83. The fourth-order valence-electron chi connectivity index (χ4n) is 4.54. The van der Waals surface area contributed by atoms with E-state index in [1.165, 1.54) is 45.2 Å². The van der Waals surface area contributed by atoms with Crippen LogP contribution in [0.4, 0.5) is 0 Å². The van der Waals surface area contributed by atoms with Crippen LogP contribution in [-0.4, -0.2) is 54.5 Å². The van der Waals surface area contributed by atoms with Crippen molar-refractivity contribution in [1.29, 1.82) is 0 Å². The normalized spacial score (nSPS) is 27.0. The molecule has 1 saturated carbocycles. The first kappa shape index (κ1) is 16.9. The molecular formula is C21H30N2O2. The average Bonchev–Trinajstić information content (AvgIpc) is 2.91. The molecule has 3 heterocycles. The summed E-state index contributed by atoms with van der Waals surface area (Å²) in [6.07, 6.45) is 7.27. The molecule has 4 fully saturated rings. The molecule has 0 unspecified atom stereocenters. The topological polar surface area (TPSA) is 32.8 Å². The third-order valence-corrected chi connectivity index (χ3v) is 6.22. The zero-order chi connectivity index (χ0) is 17.1. The Labute approximate surface area is 151 Å². The monoisotopic (exact) mass is 342 g/mol. The second-order valence-electron chi connectivity index (χ2n) is 8.06. The number of benzene rings is 1. The van der Waals surface area contributed by atoms with Crippen molar-refractivity contribution in [2.75, 3.05) is 32.8 Å². The van der Waals surface area contributed by atoms with Crippen LogP contribution in [0, 0.1) is 11.8 Å². The minimum absolute atomic E-state index is 0.262. The summed E-state index contributed by atoms with van der Waals surface area (Å²) in [6, 6.07) is 10.4. The van der Waals surface area contributed by atoms with Crippen molar-refractivity contribution in [3.8, 4) is 5.75 Å². The summed E-state index contributed by atoms with van der Waals surface area (Å²) >= 11 is 0. The van der Waals surface area contributed by atoms with Crippen molar-refractivity contribution in [3.63, 3.8) is 0 Å². The van der Waals surface area contributed by atoms with Crippen LogP contribution in [0.1, 0.15) is 38.5 Å². The van der Waals surface area contributed by atoms with E-state index in [-0.39, 0.29) is 5.91 Å². The number of fused-ring (bicyclic) bond motifs is 4. The highest BCUT2D eigenvalue weighted by Gasteiger charge is 2.37. The van der Waals surface area contributed by atoms with Gasteiger partial charge in [0.1, 0.15) is 5.75 Å². The van der Waals surface area contributed by atoms with Crippen LogP contribution in [0.15, 0.2) is 30.3 Å². The lowest BCUT2D eigenvalue weighted by molar-refractivity contribution is -0.132. The van der Waals surface area contributed by atoms with Crippen molar-refractivity contribution in [3.05, 3.63) is 30.3 Å². The van der Waals surface area contributed by atoms with Gasteiger partial charge in [-0.05, 0) is 49.7 Å². The van der Waals surface area contributed by atoms with E-state index in [0.29, 0.717) is 25.0 Å². The number of rotatable bonds is 6. The van der Waals surface area contributed by atoms with Gasteiger partial charge >= 0.3 is 0 Å². The van der Waals surface area contributed by atoms with Gasteiger partial charge in [-0.3, -0.25) is 9.69 Å². The van der Waals surface area contributed by atoms with E-state index in [9.17, 15) is 4.79 Å². The van der Waals surface area contributed by atoms with E-state index < -0.39 is 0 Å². The van der Waals surface area contributed by atoms with Gasteiger partial charge in [0.15, 0.2) is 0 Å². The van der Waals surface area contributed by atoms with Crippen LogP contribution in [0.25, 0.3) is 0 Å². The molecular weight excluding hydrogens is 312 g/mol. The molecule has 0 radical (unpaired) electrons. The molecule has 4 nitrogen and oxygen atoms in total. The number of ether oxygens (including phenoxy) is 1. The first-order valence-electron chi connectivity index (χ1n) is 9.97. The highest BCUT2D eigenvalue weighted by molar-refractivity contribution is 5.76. The summed E-state index contributed by atoms with van der Waals surface area (Å²) < 4.78 is 5.71. The van der Waals surface area contributed by atoms with E-state index in [1.807, 2.05) is 30.3 Å². The van der Waals surface area contributed by atoms with Gasteiger partial charge < -0.3 is 9.64 Å². The fraction of sp³-hybridized carbons (Fsp3) is 0.667. The lowest BCUT2D eigenvalue weighted by Gasteiger charge is -2.40. The van der Waals surface area contributed by atoms with Gasteiger partial charge in [0.2, 0.25) is 5.91 Å². The van der Waals surface area contributed by atoms with Crippen LogP contribution in [0.5, 0.6) is 5.75 Å². The van der Waals surface area contributed by atoms with Crippen molar-refractivity contribution >= 4 is 5.91 Å². The van der Waals surface area contributed by atoms with Gasteiger partial charge in [0.05, 0.1) is 13.0 Å². The molecule has 1 aliphatic carbocycles. The molecule has 2 bridgehead atoms. The average molecular weight is 342 g/mol. The van der Waals surface area contributed by atoms with E-state index >= 15 is 0 Å². The van der Waals surface area contributed by atoms with E-state index in [2.05, 4.69) is 9.80 Å². The third kappa shape index (κ3) is 4.17. The summed E-state index contributed by atoms with van der Waals surface area (Å²) in [4.78, 5) is 17.5. The highest BCUT2D eigenvalue weighted by atomic mass is 16.5. The Morgan fingerprint density at radius 2 is 1.88 bits per heavy atom. The van der Waals surface area contributed by atoms with Crippen molar-refractivity contribution < 1.29 is 9.53 Å². The quantitative estimate of drug-likeness (QED) is 0.796. The van der Waals surface area contributed by atoms with E-state index in [1.54, 1.807) is 0 Å². The Balaban J connectivity index is 1.28. The number of nitrogens with zero attached hydrogens (tertiary/aromatic N) is 2. The zero-order valence-corrected chi connectivity index (χ0v) is 15.1. The number of carbonyl (C=O) groups excluding carboxylic acids is 1. The maximum atomic E-state index is 12.7. The number of hydrogen-bond donors (Lipinski definition) is 0. The van der Waals surface area contributed by atoms with Gasteiger partial charge in [-0.15, -0.1) is 0 Å². The minimum atomic E-state index is 0.262.